The van der Waals surface area contributed by atoms with Crippen molar-refractivity contribution < 1.29 is 5.11 Å². The van der Waals surface area contributed by atoms with Gasteiger partial charge in [-0.1, -0.05) is 0 Å². The Morgan fingerprint density at radius 1 is 1.33 bits per heavy atom. The van der Waals surface area contributed by atoms with Gasteiger partial charge in [-0.25, -0.2) is 4.68 Å². The largest absolute Gasteiger partial charge is 0.494 e. The molecular weight excluding hydrogens is 156 g/mol. The summed E-state index contributed by atoms with van der Waals surface area (Å²) in [7, 11) is 1.75. The van der Waals surface area contributed by atoms with E-state index in [4.69, 9.17) is 11.6 Å². The highest BCUT2D eigenvalue weighted by molar-refractivity contribution is 5.84. The van der Waals surface area contributed by atoms with Crippen molar-refractivity contribution in [3.63, 3.8) is 0 Å². The molecule has 2 heterocycles. The zero-order valence-electron chi connectivity index (χ0n) is 6.65. The van der Waals surface area contributed by atoms with Crippen molar-refractivity contribution in [2.75, 3.05) is 11.6 Å². The van der Waals surface area contributed by atoms with Gasteiger partial charge in [-0.05, 0) is 0 Å². The zero-order chi connectivity index (χ0) is 8.88. The van der Waals surface area contributed by atoms with Crippen LogP contribution in [0.1, 0.15) is 0 Å². The third-order valence-corrected chi connectivity index (χ3v) is 2.06. The minimum Gasteiger partial charge on any atom is -0.494 e. The fraction of sp³-hybridized carbons (Fsp3) is 0.143. The van der Waals surface area contributed by atoms with Gasteiger partial charge in [-0.2, -0.15) is 0 Å². The Bertz CT molecular complexity index is 398. The molecule has 0 aliphatic rings. The van der Waals surface area contributed by atoms with Gasteiger partial charge in [0.2, 0.25) is 0 Å². The number of hydrogen-bond donors (Lipinski definition) is 3. The lowest BCUT2D eigenvalue weighted by Crippen LogP contribution is -2.10. The molecular formula is C7H10N4O. The highest BCUT2D eigenvalue weighted by Gasteiger charge is 2.09. The zero-order valence-corrected chi connectivity index (χ0v) is 6.65. The number of fused-ring (bicyclic) bond motifs is 1. The Morgan fingerprint density at radius 2 is 2.00 bits per heavy atom. The smallest absolute Gasteiger partial charge is 0.193 e. The van der Waals surface area contributed by atoms with Crippen molar-refractivity contribution in [2.24, 2.45) is 7.05 Å². The minimum atomic E-state index is 0.180. The maximum Gasteiger partial charge on any atom is 0.193 e. The maximum atomic E-state index is 9.30. The normalized spacial score (nSPS) is 11.1. The second-order valence-electron chi connectivity index (χ2n) is 2.77. The predicted octanol–water partition coefficient (Wildman–Crippen LogP) is -0.0186. The van der Waals surface area contributed by atoms with Gasteiger partial charge in [0.1, 0.15) is 5.82 Å². The predicted molar refractivity (Wildman–Crippen MR) is 47.1 cm³/mol. The quantitative estimate of drug-likeness (QED) is 0.481. The van der Waals surface area contributed by atoms with Gasteiger partial charge in [0.25, 0.3) is 0 Å². The van der Waals surface area contributed by atoms with Gasteiger partial charge in [0.15, 0.2) is 5.88 Å². The van der Waals surface area contributed by atoms with Crippen molar-refractivity contribution >= 4 is 16.9 Å². The van der Waals surface area contributed by atoms with Crippen LogP contribution in [0.2, 0.25) is 0 Å². The van der Waals surface area contributed by atoms with E-state index in [1.807, 2.05) is 0 Å². The number of aromatic nitrogens is 2. The van der Waals surface area contributed by atoms with E-state index in [0.29, 0.717) is 5.82 Å². The second-order valence-corrected chi connectivity index (χ2v) is 2.77. The summed E-state index contributed by atoms with van der Waals surface area (Å²) in [5.41, 5.74) is 7.11. The number of anilines is 1. The summed E-state index contributed by atoms with van der Waals surface area (Å²) < 4.78 is 2.96. The van der Waals surface area contributed by atoms with Crippen molar-refractivity contribution in [2.45, 2.75) is 0 Å². The number of nitrogens with two attached hydrogens (primary N) is 2. The van der Waals surface area contributed by atoms with E-state index in [9.17, 15) is 5.11 Å². The molecule has 5 heteroatoms. The molecule has 12 heavy (non-hydrogen) atoms. The highest BCUT2D eigenvalue weighted by atomic mass is 16.3. The molecule has 64 valence electrons. The Hall–Kier alpha value is -1.78. The third kappa shape index (κ3) is 0.623. The topological polar surface area (TPSA) is 82.1 Å². The third-order valence-electron chi connectivity index (χ3n) is 2.06. The standard InChI is InChI=1S/C7H10N4O/c1-10-4-2-6(8)11(9)5(4)3-7(10)12/h2-3,12H,8-9H2,1H3. The molecule has 0 aliphatic heterocycles. The lowest BCUT2D eigenvalue weighted by atomic mass is 10.5. The lowest BCUT2D eigenvalue weighted by molar-refractivity contribution is 0.435. The summed E-state index contributed by atoms with van der Waals surface area (Å²) in [5.74, 6) is 6.25. The van der Waals surface area contributed by atoms with Crippen LogP contribution in [0.5, 0.6) is 5.88 Å². The summed E-state index contributed by atoms with van der Waals surface area (Å²) in [5, 5.41) is 9.30. The fourth-order valence-corrected chi connectivity index (χ4v) is 1.30. The summed E-state index contributed by atoms with van der Waals surface area (Å²) in [6.45, 7) is 0. The lowest BCUT2D eigenvalue weighted by Gasteiger charge is -1.94. The van der Waals surface area contributed by atoms with E-state index in [-0.39, 0.29) is 5.88 Å². The number of nitrogen functional groups attached to an aromatic ring is 2. The molecule has 0 aromatic carbocycles. The van der Waals surface area contributed by atoms with Gasteiger partial charge in [0.05, 0.1) is 11.0 Å². The SMILES string of the molecule is Cn1c(O)cc2c1cc(N)n2N. The van der Waals surface area contributed by atoms with Gasteiger partial charge in [0, 0.05) is 19.2 Å². The summed E-state index contributed by atoms with van der Waals surface area (Å²) in [6, 6.07) is 3.29. The molecule has 0 bridgehead atoms. The molecule has 0 amide bonds. The first kappa shape index (κ1) is 6.90. The molecule has 0 spiro atoms. The van der Waals surface area contributed by atoms with Crippen LogP contribution in [0, 0.1) is 0 Å². The van der Waals surface area contributed by atoms with Crippen molar-refractivity contribution in [1.82, 2.24) is 9.24 Å². The van der Waals surface area contributed by atoms with E-state index < -0.39 is 0 Å². The van der Waals surface area contributed by atoms with Crippen LogP contribution < -0.4 is 11.6 Å². The van der Waals surface area contributed by atoms with Gasteiger partial charge in [-0.15, -0.1) is 0 Å². The molecule has 0 saturated heterocycles. The minimum absolute atomic E-state index is 0.180. The van der Waals surface area contributed by atoms with Crippen molar-refractivity contribution in [1.29, 1.82) is 0 Å². The number of rotatable bonds is 0. The molecule has 0 fully saturated rings. The molecule has 0 radical (unpaired) electrons. The number of hydrogen-bond acceptors (Lipinski definition) is 3. The maximum absolute atomic E-state index is 9.30. The molecule has 0 atom stereocenters. The van der Waals surface area contributed by atoms with Crippen molar-refractivity contribution in [3.05, 3.63) is 12.1 Å². The Morgan fingerprint density at radius 3 is 2.58 bits per heavy atom. The Labute approximate surface area is 68.8 Å². The van der Waals surface area contributed by atoms with E-state index in [1.165, 1.54) is 4.68 Å². The molecule has 5 nitrogen and oxygen atoms in total. The highest BCUT2D eigenvalue weighted by Crippen LogP contribution is 2.25. The number of aryl methyl sites for hydroxylation is 1. The first-order valence-corrected chi connectivity index (χ1v) is 3.52. The van der Waals surface area contributed by atoms with E-state index in [1.54, 1.807) is 23.7 Å². The Kier molecular flexibility index (Phi) is 1.08. The van der Waals surface area contributed by atoms with Crippen LogP contribution >= 0.6 is 0 Å². The molecule has 2 aromatic heterocycles. The Balaban J connectivity index is 2.93. The molecule has 2 aromatic rings. The van der Waals surface area contributed by atoms with Gasteiger partial charge < -0.3 is 21.2 Å². The molecule has 0 unspecified atom stereocenters. The molecule has 5 N–H and O–H groups in total. The molecule has 0 aliphatic carbocycles. The van der Waals surface area contributed by atoms with Crippen LogP contribution in [0.25, 0.3) is 11.0 Å². The van der Waals surface area contributed by atoms with Crippen LogP contribution in [-0.4, -0.2) is 14.3 Å². The molecule has 0 saturated carbocycles. The van der Waals surface area contributed by atoms with E-state index in [0.717, 1.165) is 11.0 Å². The van der Waals surface area contributed by atoms with Crippen molar-refractivity contribution in [3.8, 4) is 5.88 Å². The summed E-state index contributed by atoms with van der Waals surface area (Å²) in [4.78, 5) is 0. The average molecular weight is 166 g/mol. The first-order chi connectivity index (χ1) is 5.61. The number of nitrogens with zero attached hydrogens (tertiary/aromatic N) is 2. The second kappa shape index (κ2) is 1.88. The number of aromatic hydroxyl groups is 1. The van der Waals surface area contributed by atoms with Crippen LogP contribution in [0.15, 0.2) is 12.1 Å². The van der Waals surface area contributed by atoms with E-state index >= 15 is 0 Å². The van der Waals surface area contributed by atoms with Crippen LogP contribution in [0.3, 0.4) is 0 Å². The average Bonchev–Trinajstić information content (AvgIpc) is 2.43. The van der Waals surface area contributed by atoms with Crippen LogP contribution in [-0.2, 0) is 7.05 Å². The summed E-state index contributed by atoms with van der Waals surface area (Å²) in [6.07, 6.45) is 0. The van der Waals surface area contributed by atoms with E-state index in [2.05, 4.69) is 0 Å². The fourth-order valence-electron chi connectivity index (χ4n) is 1.30. The van der Waals surface area contributed by atoms with Gasteiger partial charge >= 0.3 is 0 Å². The monoisotopic (exact) mass is 166 g/mol. The first-order valence-electron chi connectivity index (χ1n) is 3.52. The molecule has 2 rings (SSSR count). The van der Waals surface area contributed by atoms with Crippen LogP contribution in [0.4, 0.5) is 5.82 Å². The summed E-state index contributed by atoms with van der Waals surface area (Å²) >= 11 is 0. The van der Waals surface area contributed by atoms with Gasteiger partial charge in [-0.3, -0.25) is 0 Å².